The van der Waals surface area contributed by atoms with Crippen molar-refractivity contribution in [2.24, 2.45) is 0 Å². The normalized spacial score (nSPS) is 17.9. The van der Waals surface area contributed by atoms with Gasteiger partial charge in [-0.2, -0.15) is 13.1 Å². The number of sulfonamides is 1. The highest BCUT2D eigenvalue weighted by atomic mass is 32.2. The summed E-state index contributed by atoms with van der Waals surface area (Å²) in [6, 6.07) is 4.81. The molecule has 0 aliphatic carbocycles. The van der Waals surface area contributed by atoms with E-state index in [0.29, 0.717) is 36.4 Å². The second kappa shape index (κ2) is 5.82. The third-order valence-corrected chi connectivity index (χ3v) is 6.18. The van der Waals surface area contributed by atoms with Crippen LogP contribution >= 0.6 is 0 Å². The van der Waals surface area contributed by atoms with Crippen molar-refractivity contribution in [2.45, 2.75) is 20.3 Å². The summed E-state index contributed by atoms with van der Waals surface area (Å²) in [5, 5.41) is 0. The van der Waals surface area contributed by atoms with E-state index in [1.54, 1.807) is 32.0 Å². The van der Waals surface area contributed by atoms with Crippen LogP contribution in [0.2, 0.25) is 0 Å². The number of aryl methyl sites for hydroxylation is 1. The van der Waals surface area contributed by atoms with E-state index in [2.05, 4.69) is 9.44 Å². The van der Waals surface area contributed by atoms with Gasteiger partial charge in [-0.3, -0.25) is 9.03 Å². The highest BCUT2D eigenvalue weighted by Crippen LogP contribution is 2.29. The van der Waals surface area contributed by atoms with Crippen LogP contribution in [-0.4, -0.2) is 35.7 Å². The number of benzene rings is 1. The fourth-order valence-corrected chi connectivity index (χ4v) is 4.81. The molecule has 0 amide bonds. The van der Waals surface area contributed by atoms with Crippen LogP contribution < -0.4 is 13.7 Å². The monoisotopic (exact) mass is 333 g/mol. The fourth-order valence-electron chi connectivity index (χ4n) is 2.29. The molecule has 1 aliphatic rings. The molecule has 0 bridgehead atoms. The summed E-state index contributed by atoms with van der Waals surface area (Å²) in [5.74, 6) is 0.154. The molecule has 1 aliphatic heterocycles. The van der Waals surface area contributed by atoms with Crippen molar-refractivity contribution in [1.82, 2.24) is 4.72 Å². The molecule has 7 nitrogen and oxygen atoms in total. The number of hydrogen-bond acceptors (Lipinski definition) is 4. The lowest BCUT2D eigenvalue weighted by atomic mass is 10.2. The third kappa shape index (κ3) is 3.66. The maximum atomic E-state index is 11.9. The van der Waals surface area contributed by atoms with E-state index >= 15 is 0 Å². The van der Waals surface area contributed by atoms with Crippen LogP contribution in [0.3, 0.4) is 0 Å². The van der Waals surface area contributed by atoms with Crippen LogP contribution in [0.1, 0.15) is 18.9 Å². The van der Waals surface area contributed by atoms with Gasteiger partial charge in [-0.15, -0.1) is 0 Å². The van der Waals surface area contributed by atoms with Gasteiger partial charge in [0.25, 0.3) is 10.2 Å². The first-order chi connectivity index (χ1) is 9.75. The molecular weight excluding hydrogens is 314 g/mol. The average Bonchev–Trinajstić information content (AvgIpc) is 2.68. The van der Waals surface area contributed by atoms with Crippen molar-refractivity contribution < 1.29 is 16.8 Å². The van der Waals surface area contributed by atoms with Crippen LogP contribution in [0, 0.1) is 6.92 Å². The maximum Gasteiger partial charge on any atom is 0.299 e. The van der Waals surface area contributed by atoms with E-state index in [9.17, 15) is 16.8 Å². The van der Waals surface area contributed by atoms with Gasteiger partial charge in [-0.25, -0.2) is 8.42 Å². The van der Waals surface area contributed by atoms with E-state index in [0.717, 1.165) is 0 Å². The van der Waals surface area contributed by atoms with Gasteiger partial charge in [0.05, 0.1) is 17.1 Å². The highest BCUT2D eigenvalue weighted by molar-refractivity contribution is 7.93. The fraction of sp³-hybridized carbons (Fsp3) is 0.500. The average molecular weight is 333 g/mol. The lowest BCUT2D eigenvalue weighted by Crippen LogP contribution is -2.30. The molecule has 9 heteroatoms. The Labute approximate surface area is 125 Å². The summed E-state index contributed by atoms with van der Waals surface area (Å²) in [4.78, 5) is 0. The van der Waals surface area contributed by atoms with E-state index < -0.39 is 20.2 Å². The lowest BCUT2D eigenvalue weighted by molar-refractivity contribution is 0.589. The van der Waals surface area contributed by atoms with E-state index in [4.69, 9.17) is 0 Å². The smallest absolute Gasteiger partial charge is 0.271 e. The summed E-state index contributed by atoms with van der Waals surface area (Å²) >= 11 is 0. The first-order valence-corrected chi connectivity index (χ1v) is 9.73. The Balaban J connectivity index is 2.26. The van der Waals surface area contributed by atoms with E-state index in [1.807, 2.05) is 0 Å². The summed E-state index contributed by atoms with van der Waals surface area (Å²) in [6.07, 6.45) is 0.608. The number of anilines is 2. The van der Waals surface area contributed by atoms with Crippen molar-refractivity contribution in [1.29, 1.82) is 0 Å². The van der Waals surface area contributed by atoms with Crippen molar-refractivity contribution >= 4 is 31.6 Å². The molecule has 1 heterocycles. The third-order valence-electron chi connectivity index (χ3n) is 3.15. The summed E-state index contributed by atoms with van der Waals surface area (Å²) in [5.41, 5.74) is 1.70. The first-order valence-electron chi connectivity index (χ1n) is 6.63. The molecule has 1 aromatic rings. The molecule has 0 saturated carbocycles. The van der Waals surface area contributed by atoms with Gasteiger partial charge in [-0.1, -0.05) is 6.92 Å². The van der Waals surface area contributed by atoms with Gasteiger partial charge in [0, 0.05) is 13.1 Å². The van der Waals surface area contributed by atoms with E-state index in [-0.39, 0.29) is 5.75 Å². The Morgan fingerprint density at radius 2 is 2.05 bits per heavy atom. The molecule has 2 rings (SSSR count). The van der Waals surface area contributed by atoms with Crippen LogP contribution in [-0.2, 0) is 20.2 Å². The van der Waals surface area contributed by atoms with Crippen molar-refractivity contribution in [3.63, 3.8) is 0 Å². The van der Waals surface area contributed by atoms with Gasteiger partial charge >= 0.3 is 0 Å². The minimum Gasteiger partial charge on any atom is -0.271 e. The van der Waals surface area contributed by atoms with Gasteiger partial charge in [0.1, 0.15) is 0 Å². The van der Waals surface area contributed by atoms with Crippen LogP contribution in [0.5, 0.6) is 0 Å². The Bertz CT molecular complexity index is 729. The molecule has 2 N–H and O–H groups in total. The predicted octanol–water partition coefficient (Wildman–Crippen LogP) is 0.801. The topological polar surface area (TPSA) is 95.6 Å². The summed E-state index contributed by atoms with van der Waals surface area (Å²) in [7, 11) is -6.82. The van der Waals surface area contributed by atoms with Crippen LogP contribution in [0.4, 0.5) is 11.4 Å². The Kier molecular flexibility index (Phi) is 4.45. The number of hydrogen-bond donors (Lipinski definition) is 2. The van der Waals surface area contributed by atoms with Gasteiger partial charge in [-0.05, 0) is 37.1 Å². The zero-order chi connectivity index (χ0) is 15.7. The number of rotatable bonds is 5. The molecule has 0 radical (unpaired) electrons. The van der Waals surface area contributed by atoms with Gasteiger partial charge < -0.3 is 0 Å². The summed E-state index contributed by atoms with van der Waals surface area (Å²) in [6.45, 7) is 4.20. The lowest BCUT2D eigenvalue weighted by Gasteiger charge is -2.20. The van der Waals surface area contributed by atoms with Crippen molar-refractivity contribution in [3.8, 4) is 0 Å². The van der Waals surface area contributed by atoms with Crippen LogP contribution in [0.15, 0.2) is 18.2 Å². The maximum absolute atomic E-state index is 11.9. The van der Waals surface area contributed by atoms with Crippen LogP contribution in [0.25, 0.3) is 0 Å². The second-order valence-electron chi connectivity index (χ2n) is 4.85. The van der Waals surface area contributed by atoms with E-state index in [1.165, 1.54) is 4.31 Å². The van der Waals surface area contributed by atoms with Gasteiger partial charge in [0.2, 0.25) is 10.0 Å². The molecule has 1 saturated heterocycles. The molecule has 1 aromatic carbocycles. The van der Waals surface area contributed by atoms with Crippen molar-refractivity contribution in [2.75, 3.05) is 27.9 Å². The molecule has 0 atom stereocenters. The first kappa shape index (κ1) is 16.1. The minimum atomic E-state index is -3.59. The zero-order valence-electron chi connectivity index (χ0n) is 12.0. The Morgan fingerprint density at radius 3 is 2.57 bits per heavy atom. The Morgan fingerprint density at radius 1 is 1.33 bits per heavy atom. The molecule has 118 valence electrons. The van der Waals surface area contributed by atoms with Gasteiger partial charge in [0.15, 0.2) is 0 Å². The minimum absolute atomic E-state index is 0.154. The largest absolute Gasteiger partial charge is 0.299 e. The van der Waals surface area contributed by atoms with Crippen molar-refractivity contribution in [3.05, 3.63) is 23.8 Å². The standard InChI is InChI=1S/C12H19N3O4S2/c1-3-13-21(18,19)14-11-5-6-12(10(2)9-11)15-7-4-8-20(15,16)17/h5-6,9,13-14H,3-4,7-8H2,1-2H3. The second-order valence-corrected chi connectivity index (χ2v) is 8.36. The molecule has 21 heavy (non-hydrogen) atoms. The predicted molar refractivity (Wildman–Crippen MR) is 83.1 cm³/mol. The molecule has 1 fully saturated rings. The molecule has 0 aromatic heterocycles. The quantitative estimate of drug-likeness (QED) is 0.833. The SMILES string of the molecule is CCNS(=O)(=O)Nc1ccc(N2CCCS2(=O)=O)c(C)c1. The molecule has 0 spiro atoms. The summed E-state index contributed by atoms with van der Waals surface area (Å²) < 4.78 is 53.2. The highest BCUT2D eigenvalue weighted by Gasteiger charge is 2.29. The zero-order valence-corrected chi connectivity index (χ0v) is 13.6. The number of nitrogens with zero attached hydrogens (tertiary/aromatic N) is 1. The molecule has 0 unspecified atom stereocenters. The molecular formula is C12H19N3O4S2. The Hall–Kier alpha value is -1.32. The number of nitrogens with one attached hydrogen (secondary N) is 2.